The fourth-order valence-corrected chi connectivity index (χ4v) is 2.62. The molecule has 1 saturated heterocycles. The van der Waals surface area contributed by atoms with Gasteiger partial charge in [0.15, 0.2) is 0 Å². The molecule has 2 aliphatic rings. The van der Waals surface area contributed by atoms with Gasteiger partial charge in [-0.3, -0.25) is 0 Å². The van der Waals surface area contributed by atoms with Crippen LogP contribution in [0.25, 0.3) is 0 Å². The lowest BCUT2D eigenvalue weighted by atomic mass is 9.80. The Hall–Kier alpha value is -0.0800. The predicted molar refractivity (Wildman–Crippen MR) is 49.2 cm³/mol. The SMILES string of the molecule is CCC1CCCC2OCCNC12. The monoisotopic (exact) mass is 169 g/mol. The van der Waals surface area contributed by atoms with E-state index in [1.807, 2.05) is 0 Å². The highest BCUT2D eigenvalue weighted by Crippen LogP contribution is 2.30. The van der Waals surface area contributed by atoms with Crippen molar-refractivity contribution in [2.75, 3.05) is 13.2 Å². The van der Waals surface area contributed by atoms with E-state index in [9.17, 15) is 0 Å². The van der Waals surface area contributed by atoms with E-state index in [1.165, 1.54) is 25.7 Å². The first kappa shape index (κ1) is 8.52. The molecule has 12 heavy (non-hydrogen) atoms. The topological polar surface area (TPSA) is 21.3 Å². The summed E-state index contributed by atoms with van der Waals surface area (Å²) in [4.78, 5) is 0. The van der Waals surface area contributed by atoms with Crippen molar-refractivity contribution in [2.24, 2.45) is 5.92 Å². The molecule has 0 amide bonds. The molecule has 0 radical (unpaired) electrons. The third-order valence-electron chi connectivity index (χ3n) is 3.31. The lowest BCUT2D eigenvalue weighted by Gasteiger charge is -2.41. The normalized spacial score (nSPS) is 42.2. The van der Waals surface area contributed by atoms with Gasteiger partial charge in [0.1, 0.15) is 0 Å². The van der Waals surface area contributed by atoms with Gasteiger partial charge in [0.2, 0.25) is 0 Å². The minimum atomic E-state index is 0.525. The van der Waals surface area contributed by atoms with Crippen molar-refractivity contribution < 1.29 is 4.74 Å². The number of morpholine rings is 1. The Morgan fingerprint density at radius 1 is 1.42 bits per heavy atom. The van der Waals surface area contributed by atoms with Gasteiger partial charge in [-0.2, -0.15) is 0 Å². The van der Waals surface area contributed by atoms with E-state index in [1.54, 1.807) is 0 Å². The van der Waals surface area contributed by atoms with Crippen molar-refractivity contribution in [1.29, 1.82) is 0 Å². The summed E-state index contributed by atoms with van der Waals surface area (Å²) in [6.07, 6.45) is 5.86. The molecule has 0 bridgehead atoms. The average molecular weight is 169 g/mol. The van der Waals surface area contributed by atoms with E-state index in [2.05, 4.69) is 12.2 Å². The molecule has 0 aromatic rings. The number of fused-ring (bicyclic) bond motifs is 1. The summed E-state index contributed by atoms with van der Waals surface area (Å²) in [6.45, 7) is 4.26. The second-order valence-electron chi connectivity index (χ2n) is 3.99. The van der Waals surface area contributed by atoms with E-state index < -0.39 is 0 Å². The molecule has 1 heterocycles. The Bertz CT molecular complexity index is 140. The molecule has 1 aliphatic heterocycles. The zero-order valence-electron chi connectivity index (χ0n) is 7.88. The zero-order chi connectivity index (χ0) is 8.39. The molecule has 70 valence electrons. The maximum atomic E-state index is 5.75. The molecule has 2 heteroatoms. The molecule has 2 rings (SSSR count). The quantitative estimate of drug-likeness (QED) is 0.643. The van der Waals surface area contributed by atoms with Crippen LogP contribution in [0.5, 0.6) is 0 Å². The summed E-state index contributed by atoms with van der Waals surface area (Å²) >= 11 is 0. The number of hydrogen-bond acceptors (Lipinski definition) is 2. The highest BCUT2D eigenvalue weighted by atomic mass is 16.5. The molecule has 1 N–H and O–H groups in total. The summed E-state index contributed by atoms with van der Waals surface area (Å²) in [5, 5.41) is 3.60. The number of ether oxygens (including phenoxy) is 1. The Morgan fingerprint density at radius 2 is 2.33 bits per heavy atom. The van der Waals surface area contributed by atoms with Gasteiger partial charge in [0, 0.05) is 12.6 Å². The third kappa shape index (κ3) is 1.50. The average Bonchev–Trinajstić information content (AvgIpc) is 2.17. The maximum Gasteiger partial charge on any atom is 0.0731 e. The fraction of sp³-hybridized carbons (Fsp3) is 1.00. The van der Waals surface area contributed by atoms with E-state index in [0.29, 0.717) is 12.1 Å². The molecule has 2 nitrogen and oxygen atoms in total. The lowest BCUT2D eigenvalue weighted by molar-refractivity contribution is -0.0437. The molecule has 0 spiro atoms. The van der Waals surface area contributed by atoms with Crippen LogP contribution in [-0.4, -0.2) is 25.3 Å². The smallest absolute Gasteiger partial charge is 0.0731 e. The van der Waals surface area contributed by atoms with Crippen LogP contribution in [0.3, 0.4) is 0 Å². The molecule has 1 aliphatic carbocycles. The Balaban J connectivity index is 1.99. The van der Waals surface area contributed by atoms with E-state index in [0.717, 1.165) is 19.1 Å². The minimum absolute atomic E-state index is 0.525. The first-order valence-corrected chi connectivity index (χ1v) is 5.27. The third-order valence-corrected chi connectivity index (χ3v) is 3.31. The van der Waals surface area contributed by atoms with Crippen LogP contribution >= 0.6 is 0 Å². The van der Waals surface area contributed by atoms with Crippen LogP contribution in [0, 0.1) is 5.92 Å². The Labute approximate surface area is 74.7 Å². The number of rotatable bonds is 1. The highest BCUT2D eigenvalue weighted by molar-refractivity contribution is 4.89. The summed E-state index contributed by atoms with van der Waals surface area (Å²) in [5.74, 6) is 0.865. The number of nitrogens with one attached hydrogen (secondary N) is 1. The van der Waals surface area contributed by atoms with Gasteiger partial charge < -0.3 is 10.1 Å². The van der Waals surface area contributed by atoms with Gasteiger partial charge in [0.05, 0.1) is 12.7 Å². The fourth-order valence-electron chi connectivity index (χ4n) is 2.62. The first-order valence-electron chi connectivity index (χ1n) is 5.27. The second kappa shape index (κ2) is 3.75. The van der Waals surface area contributed by atoms with Gasteiger partial charge in [0.25, 0.3) is 0 Å². The lowest BCUT2D eigenvalue weighted by Crippen LogP contribution is -2.54. The number of hydrogen-bond donors (Lipinski definition) is 1. The van der Waals surface area contributed by atoms with Gasteiger partial charge >= 0.3 is 0 Å². The zero-order valence-corrected chi connectivity index (χ0v) is 7.88. The van der Waals surface area contributed by atoms with Crippen molar-refractivity contribution >= 4 is 0 Å². The van der Waals surface area contributed by atoms with Crippen LogP contribution in [0.15, 0.2) is 0 Å². The van der Waals surface area contributed by atoms with Gasteiger partial charge in [-0.15, -0.1) is 0 Å². The molecular weight excluding hydrogens is 150 g/mol. The van der Waals surface area contributed by atoms with Crippen molar-refractivity contribution in [2.45, 2.75) is 44.8 Å². The van der Waals surface area contributed by atoms with Crippen molar-refractivity contribution in [3.63, 3.8) is 0 Å². The Morgan fingerprint density at radius 3 is 3.17 bits per heavy atom. The van der Waals surface area contributed by atoms with Gasteiger partial charge in [-0.25, -0.2) is 0 Å². The van der Waals surface area contributed by atoms with Crippen LogP contribution in [0.1, 0.15) is 32.6 Å². The summed E-state index contributed by atoms with van der Waals surface area (Å²) in [6, 6.07) is 0.664. The van der Waals surface area contributed by atoms with Crippen molar-refractivity contribution in [1.82, 2.24) is 5.32 Å². The van der Waals surface area contributed by atoms with Crippen LogP contribution in [0.2, 0.25) is 0 Å². The highest BCUT2D eigenvalue weighted by Gasteiger charge is 2.34. The molecule has 0 aromatic heterocycles. The minimum Gasteiger partial charge on any atom is -0.375 e. The molecular formula is C10H19NO. The Kier molecular flexibility index (Phi) is 2.66. The predicted octanol–water partition coefficient (Wildman–Crippen LogP) is 1.55. The summed E-state index contributed by atoms with van der Waals surface area (Å²) in [5.41, 5.74) is 0. The molecule has 1 saturated carbocycles. The molecule has 3 atom stereocenters. The van der Waals surface area contributed by atoms with Crippen LogP contribution < -0.4 is 5.32 Å². The molecule has 3 unspecified atom stereocenters. The second-order valence-corrected chi connectivity index (χ2v) is 3.99. The molecule has 2 fully saturated rings. The van der Waals surface area contributed by atoms with Crippen molar-refractivity contribution in [3.05, 3.63) is 0 Å². The van der Waals surface area contributed by atoms with Crippen molar-refractivity contribution in [3.8, 4) is 0 Å². The van der Waals surface area contributed by atoms with Gasteiger partial charge in [-0.05, 0) is 18.8 Å². The summed E-state index contributed by atoms with van der Waals surface area (Å²) < 4.78 is 5.75. The van der Waals surface area contributed by atoms with Crippen LogP contribution in [0.4, 0.5) is 0 Å². The molecule has 0 aromatic carbocycles. The van der Waals surface area contributed by atoms with Crippen LogP contribution in [-0.2, 0) is 4.74 Å². The van der Waals surface area contributed by atoms with E-state index in [4.69, 9.17) is 4.74 Å². The maximum absolute atomic E-state index is 5.75. The first-order chi connectivity index (χ1) is 5.92. The van der Waals surface area contributed by atoms with E-state index >= 15 is 0 Å². The van der Waals surface area contributed by atoms with Gasteiger partial charge in [-0.1, -0.05) is 19.8 Å². The standard InChI is InChI=1S/C10H19NO/c1-2-8-4-3-5-9-10(8)11-6-7-12-9/h8-11H,2-7H2,1H3. The largest absolute Gasteiger partial charge is 0.375 e. The summed E-state index contributed by atoms with van der Waals surface area (Å²) in [7, 11) is 0. The van der Waals surface area contributed by atoms with E-state index in [-0.39, 0.29) is 0 Å².